The molecule has 0 amide bonds. The van der Waals surface area contributed by atoms with Crippen LogP contribution in [0.1, 0.15) is 11.1 Å². The summed E-state index contributed by atoms with van der Waals surface area (Å²) < 4.78 is 1.12. The van der Waals surface area contributed by atoms with Crippen molar-refractivity contribution in [1.82, 2.24) is 0 Å². The molecule has 0 radical (unpaired) electrons. The van der Waals surface area contributed by atoms with Gasteiger partial charge < -0.3 is 5.41 Å². The molecular weight excluding hydrogens is 334 g/mol. The number of halogens is 1. The number of allylic oxidation sites excluding steroid dienone is 4. The fourth-order valence-electron chi connectivity index (χ4n) is 2.85. The molecule has 2 aromatic rings. The van der Waals surface area contributed by atoms with Gasteiger partial charge in [-0.1, -0.05) is 76.6 Å². The summed E-state index contributed by atoms with van der Waals surface area (Å²) >= 11 is 3.69. The summed E-state index contributed by atoms with van der Waals surface area (Å²) in [5, 5.41) is 8.34. The van der Waals surface area contributed by atoms with Gasteiger partial charge in [-0.05, 0) is 41.7 Å². The molecule has 0 fully saturated rings. The highest BCUT2D eigenvalue weighted by atomic mass is 79.9. The first-order valence-electron chi connectivity index (χ1n) is 7.47. The molecule has 0 aliphatic heterocycles. The molecule has 3 rings (SSSR count). The quantitative estimate of drug-likeness (QED) is 0.769. The molecule has 1 atom stereocenters. The van der Waals surface area contributed by atoms with Crippen molar-refractivity contribution in [2.24, 2.45) is 5.92 Å². The minimum atomic E-state index is 0.141. The SMILES string of the molecule is N=C1C=CC(Br)=C(Cc2ccccc2)C1Cc1ccccc1. The number of hydrogen-bond acceptors (Lipinski definition) is 1. The highest BCUT2D eigenvalue weighted by Crippen LogP contribution is 2.32. The van der Waals surface area contributed by atoms with E-state index in [1.807, 2.05) is 24.3 Å². The van der Waals surface area contributed by atoms with Gasteiger partial charge in [0.25, 0.3) is 0 Å². The van der Waals surface area contributed by atoms with Crippen LogP contribution in [-0.2, 0) is 12.8 Å². The summed E-state index contributed by atoms with van der Waals surface area (Å²) in [6, 6.07) is 20.9. The number of rotatable bonds is 4. The molecule has 1 N–H and O–H groups in total. The molecule has 0 saturated heterocycles. The largest absolute Gasteiger partial charge is 0.305 e. The van der Waals surface area contributed by atoms with Gasteiger partial charge >= 0.3 is 0 Å². The molecule has 2 aromatic carbocycles. The van der Waals surface area contributed by atoms with Gasteiger partial charge in [0.2, 0.25) is 0 Å². The molecule has 1 unspecified atom stereocenters. The molecule has 1 aliphatic rings. The van der Waals surface area contributed by atoms with Crippen molar-refractivity contribution in [1.29, 1.82) is 5.41 Å². The van der Waals surface area contributed by atoms with Crippen molar-refractivity contribution in [2.75, 3.05) is 0 Å². The monoisotopic (exact) mass is 351 g/mol. The van der Waals surface area contributed by atoms with Gasteiger partial charge in [-0.25, -0.2) is 0 Å². The molecule has 0 heterocycles. The Morgan fingerprint density at radius 2 is 1.41 bits per heavy atom. The van der Waals surface area contributed by atoms with Gasteiger partial charge in [0.15, 0.2) is 0 Å². The van der Waals surface area contributed by atoms with Crippen molar-refractivity contribution in [2.45, 2.75) is 12.8 Å². The zero-order valence-corrected chi connectivity index (χ0v) is 13.9. The second-order valence-electron chi connectivity index (χ2n) is 5.57. The van der Waals surface area contributed by atoms with E-state index >= 15 is 0 Å². The predicted octanol–water partition coefficient (Wildman–Crippen LogP) is 5.33. The molecule has 1 nitrogen and oxygen atoms in total. The fourth-order valence-corrected chi connectivity index (χ4v) is 3.40. The van der Waals surface area contributed by atoms with Crippen LogP contribution < -0.4 is 0 Å². The molecule has 22 heavy (non-hydrogen) atoms. The average molecular weight is 352 g/mol. The molecular formula is C20H18BrN. The number of nitrogens with one attached hydrogen (secondary N) is 1. The molecule has 0 spiro atoms. The van der Waals surface area contributed by atoms with E-state index in [9.17, 15) is 0 Å². The Morgan fingerprint density at radius 3 is 2.05 bits per heavy atom. The Hall–Kier alpha value is -1.93. The maximum Gasteiger partial charge on any atom is 0.0389 e. The Morgan fingerprint density at radius 1 is 0.818 bits per heavy atom. The molecule has 1 aliphatic carbocycles. The van der Waals surface area contributed by atoms with Gasteiger partial charge in [0, 0.05) is 16.1 Å². The second-order valence-corrected chi connectivity index (χ2v) is 6.42. The van der Waals surface area contributed by atoms with Crippen LogP contribution in [0.15, 0.2) is 82.9 Å². The van der Waals surface area contributed by atoms with Crippen LogP contribution in [0, 0.1) is 11.3 Å². The first kappa shape index (κ1) is 15.0. The highest BCUT2D eigenvalue weighted by molar-refractivity contribution is 9.11. The Kier molecular flexibility index (Phi) is 4.69. The lowest BCUT2D eigenvalue weighted by molar-refractivity contribution is 0.761. The van der Waals surface area contributed by atoms with Gasteiger partial charge in [-0.2, -0.15) is 0 Å². The van der Waals surface area contributed by atoms with Gasteiger partial charge in [-0.15, -0.1) is 0 Å². The molecule has 2 heteroatoms. The van der Waals surface area contributed by atoms with Crippen LogP contribution in [0.25, 0.3) is 0 Å². The topological polar surface area (TPSA) is 23.9 Å². The van der Waals surface area contributed by atoms with Crippen molar-refractivity contribution < 1.29 is 0 Å². The van der Waals surface area contributed by atoms with Crippen LogP contribution in [0.2, 0.25) is 0 Å². The van der Waals surface area contributed by atoms with Crippen molar-refractivity contribution in [3.8, 4) is 0 Å². The first-order chi connectivity index (χ1) is 10.7. The molecule has 0 bridgehead atoms. The fraction of sp³-hybridized carbons (Fsp3) is 0.150. The van der Waals surface area contributed by atoms with E-state index < -0.39 is 0 Å². The van der Waals surface area contributed by atoms with Crippen molar-refractivity contribution >= 4 is 21.6 Å². The van der Waals surface area contributed by atoms with Gasteiger partial charge in [0.05, 0.1) is 0 Å². The Labute approximate surface area is 140 Å². The molecule has 0 saturated carbocycles. The van der Waals surface area contributed by atoms with E-state index in [-0.39, 0.29) is 5.92 Å². The minimum absolute atomic E-state index is 0.141. The van der Waals surface area contributed by atoms with E-state index in [0.717, 1.165) is 17.3 Å². The minimum Gasteiger partial charge on any atom is -0.305 e. The summed E-state index contributed by atoms with van der Waals surface area (Å²) in [6.45, 7) is 0. The van der Waals surface area contributed by atoms with Crippen LogP contribution >= 0.6 is 15.9 Å². The predicted molar refractivity (Wildman–Crippen MR) is 96.6 cm³/mol. The van der Waals surface area contributed by atoms with E-state index in [4.69, 9.17) is 5.41 Å². The molecule has 0 aromatic heterocycles. The third kappa shape index (κ3) is 3.45. The lowest BCUT2D eigenvalue weighted by Gasteiger charge is -2.25. The van der Waals surface area contributed by atoms with Gasteiger partial charge in [0.1, 0.15) is 0 Å². The van der Waals surface area contributed by atoms with E-state index in [0.29, 0.717) is 5.71 Å². The number of benzene rings is 2. The summed E-state index contributed by atoms with van der Waals surface area (Å²) in [6.07, 6.45) is 5.67. The van der Waals surface area contributed by atoms with Crippen LogP contribution in [0.5, 0.6) is 0 Å². The second kappa shape index (κ2) is 6.89. The van der Waals surface area contributed by atoms with Crippen molar-refractivity contribution in [3.05, 3.63) is 94.0 Å². The third-order valence-corrected chi connectivity index (χ3v) is 4.81. The first-order valence-corrected chi connectivity index (χ1v) is 8.26. The lowest BCUT2D eigenvalue weighted by Crippen LogP contribution is -2.22. The van der Waals surface area contributed by atoms with Gasteiger partial charge in [-0.3, -0.25) is 0 Å². The highest BCUT2D eigenvalue weighted by Gasteiger charge is 2.23. The average Bonchev–Trinajstić information content (AvgIpc) is 2.56. The zero-order chi connectivity index (χ0) is 15.4. The number of hydrogen-bond donors (Lipinski definition) is 1. The van der Waals surface area contributed by atoms with E-state index in [1.54, 1.807) is 0 Å². The Balaban J connectivity index is 1.89. The van der Waals surface area contributed by atoms with Crippen LogP contribution in [-0.4, -0.2) is 5.71 Å². The zero-order valence-electron chi connectivity index (χ0n) is 12.3. The summed E-state index contributed by atoms with van der Waals surface area (Å²) in [5.41, 5.74) is 4.55. The normalized spacial score (nSPS) is 17.9. The lowest BCUT2D eigenvalue weighted by atomic mass is 9.82. The third-order valence-electron chi connectivity index (χ3n) is 4.03. The summed E-state index contributed by atoms with van der Waals surface area (Å²) in [4.78, 5) is 0. The smallest absolute Gasteiger partial charge is 0.0389 e. The van der Waals surface area contributed by atoms with E-state index in [2.05, 4.69) is 64.5 Å². The standard InChI is InChI=1S/C20H18BrN/c21-19-11-12-20(22)18(14-16-9-5-2-6-10-16)17(19)13-15-7-3-1-4-8-15/h1-12,18,22H,13-14H2. The summed E-state index contributed by atoms with van der Waals surface area (Å²) in [5.74, 6) is 0.141. The van der Waals surface area contributed by atoms with Crippen molar-refractivity contribution in [3.63, 3.8) is 0 Å². The van der Waals surface area contributed by atoms with Crippen LogP contribution in [0.3, 0.4) is 0 Å². The summed E-state index contributed by atoms with van der Waals surface area (Å²) in [7, 11) is 0. The Bertz CT molecular complexity index is 714. The van der Waals surface area contributed by atoms with E-state index in [1.165, 1.54) is 16.7 Å². The molecule has 110 valence electrons. The maximum atomic E-state index is 8.34. The van der Waals surface area contributed by atoms with Crippen LogP contribution in [0.4, 0.5) is 0 Å². The maximum absolute atomic E-state index is 8.34.